The third-order valence-corrected chi connectivity index (χ3v) is 2.02. The molecule has 0 radical (unpaired) electrons. The maximum absolute atomic E-state index is 5.40. The molecule has 3 N–H and O–H groups in total. The summed E-state index contributed by atoms with van der Waals surface area (Å²) >= 11 is 0. The average Bonchev–Trinajstić information content (AvgIpc) is 2.25. The summed E-state index contributed by atoms with van der Waals surface area (Å²) in [7, 11) is 0. The van der Waals surface area contributed by atoms with Gasteiger partial charge in [0.2, 0.25) is 0 Å². The number of rotatable bonds is 6. The van der Waals surface area contributed by atoms with Gasteiger partial charge in [0.05, 0.1) is 0 Å². The van der Waals surface area contributed by atoms with E-state index in [1.807, 2.05) is 6.07 Å². The van der Waals surface area contributed by atoms with E-state index < -0.39 is 0 Å². The number of aromatic nitrogens is 2. The zero-order chi connectivity index (χ0) is 10.2. The van der Waals surface area contributed by atoms with E-state index in [1.165, 1.54) is 0 Å². The van der Waals surface area contributed by atoms with Crippen molar-refractivity contribution in [2.45, 2.75) is 26.2 Å². The standard InChI is InChI=1S/C10H18N4/c1-2-9-7-10(14-8-13-9)12-6-4-3-5-11/h7-8H,2-6,11H2,1H3,(H,12,13,14). The van der Waals surface area contributed by atoms with Gasteiger partial charge in [-0.15, -0.1) is 0 Å². The first-order valence-corrected chi connectivity index (χ1v) is 5.11. The van der Waals surface area contributed by atoms with Crippen LogP contribution in [0.1, 0.15) is 25.5 Å². The molecule has 0 aliphatic rings. The highest BCUT2D eigenvalue weighted by Crippen LogP contribution is 2.04. The van der Waals surface area contributed by atoms with E-state index in [0.717, 1.165) is 43.9 Å². The van der Waals surface area contributed by atoms with E-state index >= 15 is 0 Å². The lowest BCUT2D eigenvalue weighted by Gasteiger charge is -2.05. The predicted octanol–water partition coefficient (Wildman–Crippen LogP) is 1.19. The second-order valence-electron chi connectivity index (χ2n) is 3.17. The van der Waals surface area contributed by atoms with Crippen molar-refractivity contribution in [3.63, 3.8) is 0 Å². The predicted molar refractivity (Wildman–Crippen MR) is 58.2 cm³/mol. The van der Waals surface area contributed by atoms with Gasteiger partial charge in [-0.3, -0.25) is 0 Å². The van der Waals surface area contributed by atoms with Crippen molar-refractivity contribution < 1.29 is 0 Å². The Hall–Kier alpha value is -1.16. The van der Waals surface area contributed by atoms with Crippen molar-refractivity contribution in [3.05, 3.63) is 18.1 Å². The molecule has 14 heavy (non-hydrogen) atoms. The average molecular weight is 194 g/mol. The highest BCUT2D eigenvalue weighted by molar-refractivity contribution is 5.34. The molecule has 1 rings (SSSR count). The summed E-state index contributed by atoms with van der Waals surface area (Å²) in [4.78, 5) is 8.26. The minimum atomic E-state index is 0.756. The second kappa shape index (κ2) is 6.32. The summed E-state index contributed by atoms with van der Waals surface area (Å²) in [6.45, 7) is 3.77. The van der Waals surface area contributed by atoms with E-state index in [1.54, 1.807) is 6.33 Å². The SMILES string of the molecule is CCc1cc(NCCCCN)ncn1. The molecule has 0 fully saturated rings. The fraction of sp³-hybridized carbons (Fsp3) is 0.600. The van der Waals surface area contributed by atoms with Gasteiger partial charge in [0.25, 0.3) is 0 Å². The zero-order valence-corrected chi connectivity index (χ0v) is 8.66. The Balaban J connectivity index is 2.34. The number of unbranched alkanes of at least 4 members (excludes halogenated alkanes) is 1. The molecule has 0 atom stereocenters. The third kappa shape index (κ3) is 3.70. The van der Waals surface area contributed by atoms with Gasteiger partial charge in [-0.2, -0.15) is 0 Å². The van der Waals surface area contributed by atoms with E-state index in [4.69, 9.17) is 5.73 Å². The summed E-state index contributed by atoms with van der Waals surface area (Å²) in [6.07, 6.45) is 4.69. The van der Waals surface area contributed by atoms with Crippen molar-refractivity contribution in [2.24, 2.45) is 5.73 Å². The van der Waals surface area contributed by atoms with Crippen LogP contribution in [0.2, 0.25) is 0 Å². The Morgan fingerprint density at radius 1 is 1.36 bits per heavy atom. The van der Waals surface area contributed by atoms with Gasteiger partial charge in [0.1, 0.15) is 12.1 Å². The van der Waals surface area contributed by atoms with Crippen molar-refractivity contribution in [2.75, 3.05) is 18.4 Å². The molecule has 1 aromatic heterocycles. The van der Waals surface area contributed by atoms with Gasteiger partial charge < -0.3 is 11.1 Å². The van der Waals surface area contributed by atoms with E-state index in [9.17, 15) is 0 Å². The first-order valence-electron chi connectivity index (χ1n) is 5.11. The Morgan fingerprint density at radius 2 is 2.21 bits per heavy atom. The fourth-order valence-corrected chi connectivity index (χ4v) is 1.17. The maximum Gasteiger partial charge on any atom is 0.129 e. The molecule has 0 aromatic carbocycles. The van der Waals surface area contributed by atoms with Crippen LogP contribution < -0.4 is 11.1 Å². The van der Waals surface area contributed by atoms with Crippen molar-refractivity contribution in [3.8, 4) is 0 Å². The molecule has 0 amide bonds. The van der Waals surface area contributed by atoms with E-state index in [-0.39, 0.29) is 0 Å². The van der Waals surface area contributed by atoms with Gasteiger partial charge >= 0.3 is 0 Å². The van der Waals surface area contributed by atoms with Crippen molar-refractivity contribution in [1.82, 2.24) is 9.97 Å². The fourth-order valence-electron chi connectivity index (χ4n) is 1.17. The lowest BCUT2D eigenvalue weighted by atomic mass is 10.3. The smallest absolute Gasteiger partial charge is 0.129 e. The lowest BCUT2D eigenvalue weighted by Crippen LogP contribution is -2.07. The normalized spacial score (nSPS) is 10.1. The summed E-state index contributed by atoms with van der Waals surface area (Å²) in [6, 6.07) is 1.99. The van der Waals surface area contributed by atoms with Crippen LogP contribution in [0.5, 0.6) is 0 Å². The number of aryl methyl sites for hydroxylation is 1. The summed E-state index contributed by atoms with van der Waals surface area (Å²) in [5, 5.41) is 3.25. The van der Waals surface area contributed by atoms with Gasteiger partial charge in [-0.05, 0) is 25.8 Å². The molecular weight excluding hydrogens is 176 g/mol. The largest absolute Gasteiger partial charge is 0.370 e. The first kappa shape index (κ1) is 10.9. The number of anilines is 1. The van der Waals surface area contributed by atoms with Gasteiger partial charge in [0, 0.05) is 18.3 Å². The van der Waals surface area contributed by atoms with Gasteiger partial charge in [-0.1, -0.05) is 6.92 Å². The molecule has 0 spiro atoms. The van der Waals surface area contributed by atoms with Crippen LogP contribution in [0, 0.1) is 0 Å². The summed E-state index contributed by atoms with van der Waals surface area (Å²) < 4.78 is 0. The van der Waals surface area contributed by atoms with E-state index in [0.29, 0.717) is 0 Å². The van der Waals surface area contributed by atoms with Crippen LogP contribution in [-0.2, 0) is 6.42 Å². The third-order valence-electron chi connectivity index (χ3n) is 2.02. The maximum atomic E-state index is 5.40. The molecular formula is C10H18N4. The van der Waals surface area contributed by atoms with Crippen LogP contribution in [0.15, 0.2) is 12.4 Å². The highest BCUT2D eigenvalue weighted by atomic mass is 15.0. The minimum Gasteiger partial charge on any atom is -0.370 e. The van der Waals surface area contributed by atoms with Gasteiger partial charge in [0.15, 0.2) is 0 Å². The monoisotopic (exact) mass is 194 g/mol. The topological polar surface area (TPSA) is 63.8 Å². The summed E-state index contributed by atoms with van der Waals surface area (Å²) in [5.41, 5.74) is 6.47. The molecule has 4 nitrogen and oxygen atoms in total. The van der Waals surface area contributed by atoms with Crippen LogP contribution in [0.4, 0.5) is 5.82 Å². The molecule has 0 saturated carbocycles. The molecule has 0 bridgehead atoms. The molecule has 78 valence electrons. The highest BCUT2D eigenvalue weighted by Gasteiger charge is 1.95. The Labute approximate surface area is 85.0 Å². The number of nitrogens with one attached hydrogen (secondary N) is 1. The van der Waals surface area contributed by atoms with Crippen LogP contribution in [0.25, 0.3) is 0 Å². The Morgan fingerprint density at radius 3 is 2.93 bits per heavy atom. The molecule has 4 heteroatoms. The van der Waals surface area contributed by atoms with Gasteiger partial charge in [-0.25, -0.2) is 9.97 Å². The first-order chi connectivity index (χ1) is 6.86. The van der Waals surface area contributed by atoms with Crippen LogP contribution in [0.3, 0.4) is 0 Å². The Bertz CT molecular complexity index is 262. The number of nitrogens with zero attached hydrogens (tertiary/aromatic N) is 2. The quantitative estimate of drug-likeness (QED) is 0.668. The second-order valence-corrected chi connectivity index (χ2v) is 3.17. The minimum absolute atomic E-state index is 0.756. The molecule has 0 aliphatic heterocycles. The zero-order valence-electron chi connectivity index (χ0n) is 8.66. The molecule has 1 heterocycles. The van der Waals surface area contributed by atoms with Crippen molar-refractivity contribution >= 4 is 5.82 Å². The molecule has 0 saturated heterocycles. The van der Waals surface area contributed by atoms with Crippen LogP contribution >= 0.6 is 0 Å². The summed E-state index contributed by atoms with van der Waals surface area (Å²) in [5.74, 6) is 0.911. The lowest BCUT2D eigenvalue weighted by molar-refractivity contribution is 0.771. The van der Waals surface area contributed by atoms with Crippen molar-refractivity contribution in [1.29, 1.82) is 0 Å². The molecule has 0 aliphatic carbocycles. The van der Waals surface area contributed by atoms with E-state index in [2.05, 4.69) is 22.2 Å². The molecule has 0 unspecified atom stereocenters. The number of hydrogen-bond acceptors (Lipinski definition) is 4. The van der Waals surface area contributed by atoms with Crippen LogP contribution in [-0.4, -0.2) is 23.1 Å². The number of hydrogen-bond donors (Lipinski definition) is 2. The number of nitrogens with two attached hydrogens (primary N) is 1. The molecule has 1 aromatic rings. The Kier molecular flexibility index (Phi) is 4.93.